The Hall–Kier alpha value is -2.31. The van der Waals surface area contributed by atoms with Gasteiger partial charge in [0.2, 0.25) is 0 Å². The number of carboxylic acids is 1. The highest BCUT2D eigenvalue weighted by Crippen LogP contribution is 2.35. The summed E-state index contributed by atoms with van der Waals surface area (Å²) < 4.78 is 40.0. The number of fused-ring (bicyclic) bond motifs is 1. The number of carboxylic acid groups (broad SMARTS) is 1. The standard InChI is InChI=1S/C15H13F3N2O2/c16-15(17,18)10-4-1-3-9(7-10)13-19-8-11-5-2-6-12(14(21)22)20(11)13/h1,3-4,7-8,12H,2,5-6H2,(H,21,22). The van der Waals surface area contributed by atoms with E-state index < -0.39 is 23.8 Å². The van der Waals surface area contributed by atoms with Gasteiger partial charge in [-0.15, -0.1) is 0 Å². The summed E-state index contributed by atoms with van der Waals surface area (Å²) in [7, 11) is 0. The second kappa shape index (κ2) is 5.15. The largest absolute Gasteiger partial charge is 0.480 e. The Balaban J connectivity index is 2.11. The van der Waals surface area contributed by atoms with Gasteiger partial charge < -0.3 is 9.67 Å². The summed E-state index contributed by atoms with van der Waals surface area (Å²) in [5.74, 6) is -0.722. The first-order valence-corrected chi connectivity index (χ1v) is 6.84. The predicted octanol–water partition coefficient (Wildman–Crippen LogP) is 3.53. The topological polar surface area (TPSA) is 55.1 Å². The van der Waals surface area contributed by atoms with Crippen molar-refractivity contribution in [3.63, 3.8) is 0 Å². The average Bonchev–Trinajstić information content (AvgIpc) is 2.90. The summed E-state index contributed by atoms with van der Waals surface area (Å²) >= 11 is 0. The molecule has 0 radical (unpaired) electrons. The number of imidazole rings is 1. The molecule has 0 spiro atoms. The highest BCUT2D eigenvalue weighted by atomic mass is 19.4. The third-order valence-corrected chi connectivity index (χ3v) is 3.83. The van der Waals surface area contributed by atoms with E-state index in [0.29, 0.717) is 12.8 Å². The molecule has 0 fully saturated rings. The summed E-state index contributed by atoms with van der Waals surface area (Å²) in [4.78, 5) is 15.6. The van der Waals surface area contributed by atoms with E-state index in [4.69, 9.17) is 0 Å². The maximum Gasteiger partial charge on any atom is 0.416 e. The van der Waals surface area contributed by atoms with Gasteiger partial charge in [-0.1, -0.05) is 12.1 Å². The van der Waals surface area contributed by atoms with Crippen molar-refractivity contribution in [3.8, 4) is 11.4 Å². The van der Waals surface area contributed by atoms with Crippen LogP contribution < -0.4 is 0 Å². The van der Waals surface area contributed by atoms with Crippen LogP contribution in [0.1, 0.15) is 30.1 Å². The van der Waals surface area contributed by atoms with Gasteiger partial charge in [-0.25, -0.2) is 9.78 Å². The van der Waals surface area contributed by atoms with Crippen LogP contribution in [-0.2, 0) is 17.4 Å². The van der Waals surface area contributed by atoms with Crippen molar-refractivity contribution in [3.05, 3.63) is 41.7 Å². The van der Waals surface area contributed by atoms with Gasteiger partial charge in [0.1, 0.15) is 11.9 Å². The molecule has 0 saturated carbocycles. The number of nitrogens with zero attached hydrogens (tertiary/aromatic N) is 2. The molecule has 1 aliphatic rings. The molecule has 1 atom stereocenters. The van der Waals surface area contributed by atoms with E-state index in [0.717, 1.165) is 24.2 Å². The van der Waals surface area contributed by atoms with Gasteiger partial charge in [-0.3, -0.25) is 0 Å². The number of carbonyl (C=O) groups is 1. The van der Waals surface area contributed by atoms with Crippen LogP contribution in [0.5, 0.6) is 0 Å². The first-order valence-electron chi connectivity index (χ1n) is 6.84. The number of hydrogen-bond donors (Lipinski definition) is 1. The van der Waals surface area contributed by atoms with Crippen molar-refractivity contribution in [2.75, 3.05) is 0 Å². The van der Waals surface area contributed by atoms with Gasteiger partial charge in [0.05, 0.1) is 5.56 Å². The summed E-state index contributed by atoms with van der Waals surface area (Å²) in [6.45, 7) is 0. The molecule has 1 N–H and O–H groups in total. The summed E-state index contributed by atoms with van der Waals surface area (Å²) in [6, 6.07) is 4.02. The predicted molar refractivity (Wildman–Crippen MR) is 72.3 cm³/mol. The van der Waals surface area contributed by atoms with Crippen LogP contribution in [-0.4, -0.2) is 20.6 Å². The molecule has 0 saturated heterocycles. The Kier molecular flexibility index (Phi) is 3.42. The number of aryl methyl sites for hydroxylation is 1. The quantitative estimate of drug-likeness (QED) is 0.923. The Bertz CT molecular complexity index is 722. The fourth-order valence-corrected chi connectivity index (χ4v) is 2.82. The minimum Gasteiger partial charge on any atom is -0.480 e. The smallest absolute Gasteiger partial charge is 0.416 e. The molecule has 22 heavy (non-hydrogen) atoms. The van der Waals surface area contributed by atoms with Crippen molar-refractivity contribution in [2.45, 2.75) is 31.5 Å². The lowest BCUT2D eigenvalue weighted by atomic mass is 10.0. The number of alkyl halides is 3. The fourth-order valence-electron chi connectivity index (χ4n) is 2.82. The first kappa shape index (κ1) is 14.6. The molecular formula is C15H13F3N2O2. The van der Waals surface area contributed by atoms with Gasteiger partial charge >= 0.3 is 12.1 Å². The minimum absolute atomic E-state index is 0.271. The molecule has 7 heteroatoms. The van der Waals surface area contributed by atoms with Crippen LogP contribution in [0, 0.1) is 0 Å². The molecule has 1 aromatic heterocycles. The SMILES string of the molecule is O=C(O)C1CCCc2cnc(-c3cccc(C(F)(F)F)c3)n21. The highest BCUT2D eigenvalue weighted by molar-refractivity contribution is 5.74. The maximum atomic E-state index is 12.8. The van der Waals surface area contributed by atoms with E-state index in [1.807, 2.05) is 0 Å². The van der Waals surface area contributed by atoms with Crippen LogP contribution in [0.25, 0.3) is 11.4 Å². The fraction of sp³-hybridized carbons (Fsp3) is 0.333. The summed E-state index contributed by atoms with van der Waals surface area (Å²) in [6.07, 6.45) is -1.05. The average molecular weight is 310 g/mol. The minimum atomic E-state index is -4.44. The lowest BCUT2D eigenvalue weighted by Gasteiger charge is -2.24. The van der Waals surface area contributed by atoms with Gasteiger partial charge in [-0.2, -0.15) is 13.2 Å². The zero-order chi connectivity index (χ0) is 15.9. The molecule has 2 heterocycles. The molecule has 0 amide bonds. The Morgan fingerprint density at radius 2 is 2.14 bits per heavy atom. The van der Waals surface area contributed by atoms with Crippen LogP contribution >= 0.6 is 0 Å². The molecule has 116 valence electrons. The molecule has 0 aliphatic carbocycles. The molecule has 0 bridgehead atoms. The summed E-state index contributed by atoms with van der Waals surface area (Å²) in [5.41, 5.74) is 0.241. The molecular weight excluding hydrogens is 297 g/mol. The lowest BCUT2D eigenvalue weighted by molar-refractivity contribution is -0.141. The van der Waals surface area contributed by atoms with Crippen molar-refractivity contribution < 1.29 is 23.1 Å². The van der Waals surface area contributed by atoms with E-state index >= 15 is 0 Å². The van der Waals surface area contributed by atoms with Crippen molar-refractivity contribution in [1.29, 1.82) is 0 Å². The maximum absolute atomic E-state index is 12.8. The van der Waals surface area contributed by atoms with Gasteiger partial charge in [0.15, 0.2) is 0 Å². The van der Waals surface area contributed by atoms with Gasteiger partial charge in [0.25, 0.3) is 0 Å². The van der Waals surface area contributed by atoms with E-state index in [9.17, 15) is 23.1 Å². The van der Waals surface area contributed by atoms with Crippen molar-refractivity contribution >= 4 is 5.97 Å². The summed E-state index contributed by atoms with van der Waals surface area (Å²) in [5, 5.41) is 9.33. The number of halogens is 3. The Morgan fingerprint density at radius 1 is 1.36 bits per heavy atom. The van der Waals surface area contributed by atoms with Crippen LogP contribution in [0.2, 0.25) is 0 Å². The van der Waals surface area contributed by atoms with E-state index in [1.54, 1.807) is 10.8 Å². The highest BCUT2D eigenvalue weighted by Gasteiger charge is 2.32. The molecule has 2 aromatic rings. The van der Waals surface area contributed by atoms with Gasteiger partial charge in [-0.05, 0) is 31.4 Å². The molecule has 1 unspecified atom stereocenters. The zero-order valence-electron chi connectivity index (χ0n) is 11.5. The first-order chi connectivity index (χ1) is 10.4. The monoisotopic (exact) mass is 310 g/mol. The van der Waals surface area contributed by atoms with Crippen LogP contribution in [0.15, 0.2) is 30.5 Å². The van der Waals surface area contributed by atoms with Gasteiger partial charge in [0, 0.05) is 17.5 Å². The van der Waals surface area contributed by atoms with E-state index in [-0.39, 0.29) is 11.4 Å². The third kappa shape index (κ3) is 2.47. The molecule has 1 aromatic carbocycles. The lowest BCUT2D eigenvalue weighted by Crippen LogP contribution is -2.25. The number of hydrogen-bond acceptors (Lipinski definition) is 2. The number of rotatable bonds is 2. The second-order valence-electron chi connectivity index (χ2n) is 5.27. The molecule has 1 aliphatic heterocycles. The number of aliphatic carboxylic acids is 1. The van der Waals surface area contributed by atoms with Crippen LogP contribution in [0.3, 0.4) is 0 Å². The Labute approximate surface area is 124 Å². The molecule has 4 nitrogen and oxygen atoms in total. The Morgan fingerprint density at radius 3 is 2.82 bits per heavy atom. The van der Waals surface area contributed by atoms with Crippen molar-refractivity contribution in [1.82, 2.24) is 9.55 Å². The van der Waals surface area contributed by atoms with Crippen LogP contribution in [0.4, 0.5) is 13.2 Å². The number of aromatic nitrogens is 2. The number of benzene rings is 1. The zero-order valence-corrected chi connectivity index (χ0v) is 11.5. The van der Waals surface area contributed by atoms with E-state index in [2.05, 4.69) is 4.98 Å². The van der Waals surface area contributed by atoms with Crippen molar-refractivity contribution in [2.24, 2.45) is 0 Å². The van der Waals surface area contributed by atoms with E-state index in [1.165, 1.54) is 12.1 Å². The molecule has 3 rings (SSSR count). The normalized spacial score (nSPS) is 18.0. The third-order valence-electron chi connectivity index (χ3n) is 3.83. The second-order valence-corrected chi connectivity index (χ2v) is 5.27.